The van der Waals surface area contributed by atoms with Gasteiger partial charge in [0.05, 0.1) is 23.0 Å². The minimum absolute atomic E-state index is 0.169. The Morgan fingerprint density at radius 2 is 2.04 bits per heavy atom. The van der Waals surface area contributed by atoms with Gasteiger partial charge in [0.25, 0.3) is 5.91 Å². The fourth-order valence-electron chi connectivity index (χ4n) is 2.31. The van der Waals surface area contributed by atoms with Gasteiger partial charge in [0.2, 0.25) is 0 Å². The number of carbonyl (C=O) groups is 1. The Labute approximate surface area is 148 Å². The highest BCUT2D eigenvalue weighted by atomic mass is 32.1. The molecule has 0 saturated heterocycles. The SMILES string of the molecule is CCOc1ccccc1-c1csc(NC(=O)c2sc(C)nc2C)n1. The third-order valence-corrected chi connectivity index (χ3v) is 5.13. The van der Waals surface area contributed by atoms with Crippen LogP contribution < -0.4 is 10.1 Å². The Kier molecular flexibility index (Phi) is 4.92. The molecule has 0 atom stereocenters. The number of thiazole rings is 2. The highest BCUT2D eigenvalue weighted by Crippen LogP contribution is 2.32. The van der Waals surface area contributed by atoms with Crippen LogP contribution in [0.4, 0.5) is 5.13 Å². The molecule has 0 aliphatic heterocycles. The third kappa shape index (κ3) is 3.47. The van der Waals surface area contributed by atoms with Crippen LogP contribution in [-0.4, -0.2) is 22.5 Å². The minimum Gasteiger partial charge on any atom is -0.493 e. The number of hydrogen-bond donors (Lipinski definition) is 1. The predicted octanol–water partition coefficient (Wildman–Crippen LogP) is 4.53. The highest BCUT2D eigenvalue weighted by Gasteiger charge is 2.16. The van der Waals surface area contributed by atoms with Gasteiger partial charge in [0.15, 0.2) is 5.13 Å². The predicted molar refractivity (Wildman–Crippen MR) is 98.3 cm³/mol. The molecule has 7 heteroatoms. The smallest absolute Gasteiger partial charge is 0.269 e. The molecule has 1 N–H and O–H groups in total. The summed E-state index contributed by atoms with van der Waals surface area (Å²) in [6.07, 6.45) is 0. The number of ether oxygens (including phenoxy) is 1. The van der Waals surface area contributed by atoms with Crippen LogP contribution >= 0.6 is 22.7 Å². The summed E-state index contributed by atoms with van der Waals surface area (Å²) in [5, 5.41) is 6.21. The summed E-state index contributed by atoms with van der Waals surface area (Å²) in [4.78, 5) is 21.8. The van der Waals surface area contributed by atoms with Crippen LogP contribution in [0.25, 0.3) is 11.3 Å². The number of para-hydroxylation sites is 1. The molecule has 0 aliphatic carbocycles. The second-order valence-corrected chi connectivity index (χ2v) is 7.13. The maximum atomic E-state index is 12.4. The van der Waals surface area contributed by atoms with Crippen LogP contribution in [0.3, 0.4) is 0 Å². The summed E-state index contributed by atoms with van der Waals surface area (Å²) < 4.78 is 5.64. The standard InChI is InChI=1S/C17H17N3O2S2/c1-4-22-14-8-6-5-7-12(14)13-9-23-17(19-13)20-16(21)15-10(2)18-11(3)24-15/h5-9H,4H2,1-3H3,(H,19,20,21). The van der Waals surface area contributed by atoms with Gasteiger partial charge in [-0.05, 0) is 32.9 Å². The Hall–Kier alpha value is -2.25. The average molecular weight is 359 g/mol. The van der Waals surface area contributed by atoms with Crippen molar-refractivity contribution >= 4 is 33.7 Å². The van der Waals surface area contributed by atoms with Gasteiger partial charge in [0.1, 0.15) is 10.6 Å². The van der Waals surface area contributed by atoms with Gasteiger partial charge in [-0.25, -0.2) is 9.97 Å². The number of hydrogen-bond acceptors (Lipinski definition) is 6. The van der Waals surface area contributed by atoms with E-state index in [2.05, 4.69) is 15.3 Å². The minimum atomic E-state index is -0.169. The fourth-order valence-corrected chi connectivity index (χ4v) is 3.83. The fraction of sp³-hybridized carbons (Fsp3) is 0.235. The summed E-state index contributed by atoms with van der Waals surface area (Å²) in [5.74, 6) is 0.620. The number of nitrogens with one attached hydrogen (secondary N) is 1. The Morgan fingerprint density at radius 3 is 2.75 bits per heavy atom. The Bertz CT molecular complexity index is 870. The molecule has 0 aliphatic rings. The normalized spacial score (nSPS) is 10.6. The Balaban J connectivity index is 1.81. The molecule has 0 saturated carbocycles. The van der Waals surface area contributed by atoms with E-state index in [0.29, 0.717) is 16.6 Å². The molecule has 0 unspecified atom stereocenters. The zero-order valence-electron chi connectivity index (χ0n) is 13.6. The zero-order chi connectivity index (χ0) is 17.1. The number of anilines is 1. The van der Waals surface area contributed by atoms with Crippen molar-refractivity contribution in [3.8, 4) is 17.0 Å². The number of carbonyl (C=O) groups excluding carboxylic acids is 1. The van der Waals surface area contributed by atoms with Gasteiger partial charge in [-0.15, -0.1) is 22.7 Å². The van der Waals surface area contributed by atoms with Crippen molar-refractivity contribution in [1.82, 2.24) is 9.97 Å². The molecule has 0 fully saturated rings. The zero-order valence-corrected chi connectivity index (χ0v) is 15.3. The summed E-state index contributed by atoms with van der Waals surface area (Å²) in [5.41, 5.74) is 2.45. The first-order valence-electron chi connectivity index (χ1n) is 7.51. The molecular weight excluding hydrogens is 342 g/mol. The molecule has 124 valence electrons. The largest absolute Gasteiger partial charge is 0.493 e. The second kappa shape index (κ2) is 7.11. The van der Waals surface area contributed by atoms with E-state index in [1.807, 2.05) is 50.4 Å². The second-order valence-electron chi connectivity index (χ2n) is 5.07. The van der Waals surface area contributed by atoms with Crippen molar-refractivity contribution in [3.05, 3.63) is 45.2 Å². The molecule has 3 rings (SSSR count). The summed E-state index contributed by atoms with van der Waals surface area (Å²) >= 11 is 2.78. The summed E-state index contributed by atoms with van der Waals surface area (Å²) in [6.45, 7) is 6.27. The van der Waals surface area contributed by atoms with Crippen molar-refractivity contribution in [3.63, 3.8) is 0 Å². The molecule has 0 bridgehead atoms. The number of aryl methyl sites for hydroxylation is 2. The van der Waals surface area contributed by atoms with Crippen LogP contribution in [-0.2, 0) is 0 Å². The van der Waals surface area contributed by atoms with Crippen molar-refractivity contribution < 1.29 is 9.53 Å². The number of rotatable bonds is 5. The van der Waals surface area contributed by atoms with E-state index in [9.17, 15) is 4.79 Å². The van der Waals surface area contributed by atoms with E-state index in [-0.39, 0.29) is 5.91 Å². The van der Waals surface area contributed by atoms with Gasteiger partial charge < -0.3 is 4.74 Å². The van der Waals surface area contributed by atoms with Crippen molar-refractivity contribution in [2.24, 2.45) is 0 Å². The van der Waals surface area contributed by atoms with Gasteiger partial charge in [-0.3, -0.25) is 10.1 Å². The van der Waals surface area contributed by atoms with E-state index in [1.165, 1.54) is 22.7 Å². The van der Waals surface area contributed by atoms with Crippen LogP contribution in [0.15, 0.2) is 29.6 Å². The first-order valence-corrected chi connectivity index (χ1v) is 9.21. The molecule has 0 radical (unpaired) electrons. The number of benzene rings is 1. The molecule has 2 heterocycles. The van der Waals surface area contributed by atoms with Gasteiger partial charge in [-0.1, -0.05) is 12.1 Å². The van der Waals surface area contributed by atoms with E-state index in [0.717, 1.165) is 27.7 Å². The summed E-state index contributed by atoms with van der Waals surface area (Å²) in [7, 11) is 0. The molecule has 5 nitrogen and oxygen atoms in total. The van der Waals surface area contributed by atoms with Gasteiger partial charge >= 0.3 is 0 Å². The van der Waals surface area contributed by atoms with Crippen molar-refractivity contribution in [2.75, 3.05) is 11.9 Å². The van der Waals surface area contributed by atoms with Crippen LogP contribution in [0.1, 0.15) is 27.3 Å². The van der Waals surface area contributed by atoms with Crippen LogP contribution in [0, 0.1) is 13.8 Å². The molecule has 1 amide bonds. The molecule has 2 aromatic heterocycles. The lowest BCUT2D eigenvalue weighted by atomic mass is 10.1. The Morgan fingerprint density at radius 1 is 1.25 bits per heavy atom. The lowest BCUT2D eigenvalue weighted by molar-refractivity contribution is 0.103. The topological polar surface area (TPSA) is 64.1 Å². The lowest BCUT2D eigenvalue weighted by Gasteiger charge is -2.07. The molecule has 0 spiro atoms. The summed E-state index contributed by atoms with van der Waals surface area (Å²) in [6, 6.07) is 7.75. The first-order chi connectivity index (χ1) is 11.6. The van der Waals surface area contributed by atoms with E-state index in [1.54, 1.807) is 0 Å². The maximum Gasteiger partial charge on any atom is 0.269 e. The monoisotopic (exact) mass is 359 g/mol. The number of nitrogens with zero attached hydrogens (tertiary/aromatic N) is 2. The molecule has 24 heavy (non-hydrogen) atoms. The average Bonchev–Trinajstić information content (AvgIpc) is 3.14. The van der Waals surface area contributed by atoms with E-state index >= 15 is 0 Å². The quantitative estimate of drug-likeness (QED) is 0.727. The lowest BCUT2D eigenvalue weighted by Crippen LogP contribution is -2.11. The van der Waals surface area contributed by atoms with E-state index in [4.69, 9.17) is 4.74 Å². The third-order valence-electron chi connectivity index (χ3n) is 3.30. The maximum absolute atomic E-state index is 12.4. The van der Waals surface area contributed by atoms with Crippen molar-refractivity contribution in [1.29, 1.82) is 0 Å². The van der Waals surface area contributed by atoms with E-state index < -0.39 is 0 Å². The number of aromatic nitrogens is 2. The first kappa shape index (κ1) is 16.6. The molecule has 3 aromatic rings. The number of amides is 1. The van der Waals surface area contributed by atoms with Gasteiger partial charge in [0, 0.05) is 10.9 Å². The van der Waals surface area contributed by atoms with Crippen LogP contribution in [0.2, 0.25) is 0 Å². The van der Waals surface area contributed by atoms with Crippen molar-refractivity contribution in [2.45, 2.75) is 20.8 Å². The highest BCUT2D eigenvalue weighted by molar-refractivity contribution is 7.15. The molecule has 1 aromatic carbocycles. The molecular formula is C17H17N3O2S2. The van der Waals surface area contributed by atoms with Crippen LogP contribution in [0.5, 0.6) is 5.75 Å². The van der Waals surface area contributed by atoms with Gasteiger partial charge in [-0.2, -0.15) is 0 Å².